The van der Waals surface area contributed by atoms with Crippen molar-refractivity contribution in [3.05, 3.63) is 42.4 Å². The number of alkyl halides is 2. The van der Waals surface area contributed by atoms with Crippen LogP contribution in [0.4, 0.5) is 14.5 Å². The van der Waals surface area contributed by atoms with Crippen molar-refractivity contribution in [1.29, 1.82) is 0 Å². The maximum absolute atomic E-state index is 12.5. The molecule has 3 aromatic rings. The largest absolute Gasteiger partial charge is 0.382 e. The Morgan fingerprint density at radius 3 is 2.70 bits per heavy atom. The van der Waals surface area contributed by atoms with Crippen LogP contribution in [0.5, 0.6) is 0 Å². The monoisotopic (exact) mass is 373 g/mol. The van der Waals surface area contributed by atoms with Crippen molar-refractivity contribution in [2.75, 3.05) is 11.9 Å². The molecule has 1 amide bonds. The Kier molecular flexibility index (Phi) is 5.63. The fourth-order valence-corrected chi connectivity index (χ4v) is 2.79. The van der Waals surface area contributed by atoms with Gasteiger partial charge >= 0.3 is 0 Å². The van der Waals surface area contributed by atoms with Crippen molar-refractivity contribution in [2.45, 2.75) is 32.7 Å². The summed E-state index contributed by atoms with van der Waals surface area (Å²) in [4.78, 5) is 16.9. The average molecular weight is 373 g/mol. The standard InChI is InChI=1S/C19H21F2N5O/c1-11(2)26-18-14-7-12(13-8-24-25-9-13)3-4-16(14)23-10-15(18)19(27)22-6-5-17(20)21/h3-4,7-11,17H,5-6H2,1-2H3,(H,22,27)(H,23,26)(H,24,25). The van der Waals surface area contributed by atoms with Crippen LogP contribution in [0.2, 0.25) is 0 Å². The molecule has 27 heavy (non-hydrogen) atoms. The summed E-state index contributed by atoms with van der Waals surface area (Å²) in [6, 6.07) is 5.82. The lowest BCUT2D eigenvalue weighted by molar-refractivity contribution is 0.0934. The van der Waals surface area contributed by atoms with Crippen molar-refractivity contribution in [2.24, 2.45) is 0 Å². The van der Waals surface area contributed by atoms with E-state index in [1.54, 1.807) is 12.4 Å². The van der Waals surface area contributed by atoms with E-state index in [4.69, 9.17) is 0 Å². The Hall–Kier alpha value is -3.03. The second-order valence-electron chi connectivity index (χ2n) is 6.50. The highest BCUT2D eigenvalue weighted by Crippen LogP contribution is 2.30. The number of benzene rings is 1. The predicted octanol–water partition coefficient (Wildman–Crippen LogP) is 3.83. The van der Waals surface area contributed by atoms with Crippen molar-refractivity contribution in [3.8, 4) is 11.1 Å². The van der Waals surface area contributed by atoms with E-state index < -0.39 is 12.3 Å². The minimum Gasteiger partial charge on any atom is -0.382 e. The molecule has 0 aliphatic carbocycles. The molecule has 3 rings (SSSR count). The van der Waals surface area contributed by atoms with Gasteiger partial charge in [0.15, 0.2) is 0 Å². The summed E-state index contributed by atoms with van der Waals surface area (Å²) in [5.74, 6) is -0.429. The van der Waals surface area contributed by atoms with Gasteiger partial charge in [0.25, 0.3) is 5.91 Å². The van der Waals surface area contributed by atoms with Crippen molar-refractivity contribution >= 4 is 22.5 Å². The third kappa shape index (κ3) is 4.39. The van der Waals surface area contributed by atoms with Crippen LogP contribution in [0.25, 0.3) is 22.0 Å². The summed E-state index contributed by atoms with van der Waals surface area (Å²) in [6.07, 6.45) is 2.13. The predicted molar refractivity (Wildman–Crippen MR) is 101 cm³/mol. The first kappa shape index (κ1) is 18.8. The average Bonchev–Trinajstić information content (AvgIpc) is 3.15. The number of halogens is 2. The summed E-state index contributed by atoms with van der Waals surface area (Å²) in [5.41, 5.74) is 3.54. The molecule has 3 N–H and O–H groups in total. The second kappa shape index (κ2) is 8.11. The van der Waals surface area contributed by atoms with Gasteiger partial charge < -0.3 is 10.6 Å². The van der Waals surface area contributed by atoms with Crippen LogP contribution < -0.4 is 10.6 Å². The Morgan fingerprint density at radius 1 is 1.22 bits per heavy atom. The highest BCUT2D eigenvalue weighted by molar-refractivity contribution is 6.07. The topological polar surface area (TPSA) is 82.7 Å². The van der Waals surface area contributed by atoms with E-state index in [0.29, 0.717) is 11.3 Å². The number of nitrogens with one attached hydrogen (secondary N) is 3. The second-order valence-corrected chi connectivity index (χ2v) is 6.50. The molecule has 0 atom stereocenters. The van der Waals surface area contributed by atoms with Gasteiger partial charge in [0.2, 0.25) is 6.43 Å². The van der Waals surface area contributed by atoms with Gasteiger partial charge in [-0.15, -0.1) is 0 Å². The number of hydrogen-bond acceptors (Lipinski definition) is 4. The lowest BCUT2D eigenvalue weighted by Gasteiger charge is -2.17. The number of fused-ring (bicyclic) bond motifs is 1. The Morgan fingerprint density at radius 2 is 2.04 bits per heavy atom. The number of aromatic amines is 1. The SMILES string of the molecule is CC(C)Nc1c(C(=O)NCCC(F)F)cnc2ccc(-c3cn[nH]c3)cc12. The lowest BCUT2D eigenvalue weighted by atomic mass is 10.0. The first-order valence-corrected chi connectivity index (χ1v) is 8.70. The number of H-pyrrole nitrogens is 1. The molecular formula is C19H21F2N5O. The molecule has 2 heterocycles. The minimum absolute atomic E-state index is 0.0702. The maximum atomic E-state index is 12.5. The van der Waals surface area contributed by atoms with Gasteiger partial charge in [-0.25, -0.2) is 8.78 Å². The van der Waals surface area contributed by atoms with Gasteiger partial charge in [-0.2, -0.15) is 5.10 Å². The van der Waals surface area contributed by atoms with E-state index >= 15 is 0 Å². The van der Waals surface area contributed by atoms with Crippen LogP contribution in [-0.2, 0) is 0 Å². The molecule has 0 bridgehead atoms. The normalized spacial score (nSPS) is 11.3. The third-order valence-electron chi connectivity index (χ3n) is 4.03. The first-order chi connectivity index (χ1) is 13.0. The van der Waals surface area contributed by atoms with Crippen LogP contribution in [0.15, 0.2) is 36.8 Å². The van der Waals surface area contributed by atoms with Crippen LogP contribution in [0.3, 0.4) is 0 Å². The number of carbonyl (C=O) groups excluding carboxylic acids is 1. The summed E-state index contributed by atoms with van der Waals surface area (Å²) in [6.45, 7) is 3.83. The fourth-order valence-electron chi connectivity index (χ4n) is 2.79. The molecule has 2 aromatic heterocycles. The number of carbonyl (C=O) groups is 1. The molecule has 0 saturated carbocycles. The number of pyridine rings is 1. The molecule has 0 radical (unpaired) electrons. The van der Waals surface area contributed by atoms with Gasteiger partial charge in [-0.05, 0) is 31.5 Å². The van der Waals surface area contributed by atoms with Crippen LogP contribution in [0, 0.1) is 0 Å². The van der Waals surface area contributed by atoms with E-state index in [1.165, 1.54) is 6.20 Å². The van der Waals surface area contributed by atoms with Crippen LogP contribution in [-0.4, -0.2) is 40.1 Å². The summed E-state index contributed by atoms with van der Waals surface area (Å²) >= 11 is 0. The third-order valence-corrected chi connectivity index (χ3v) is 4.03. The zero-order valence-corrected chi connectivity index (χ0v) is 15.1. The number of amides is 1. The first-order valence-electron chi connectivity index (χ1n) is 8.70. The maximum Gasteiger partial charge on any atom is 0.254 e. The highest BCUT2D eigenvalue weighted by atomic mass is 19.3. The number of anilines is 1. The molecule has 142 valence electrons. The zero-order chi connectivity index (χ0) is 19.4. The van der Waals surface area contributed by atoms with E-state index in [0.717, 1.165) is 22.0 Å². The Labute approximate surface area is 155 Å². The van der Waals surface area contributed by atoms with E-state index in [2.05, 4.69) is 25.8 Å². The molecule has 0 aliphatic heterocycles. The Balaban J connectivity index is 2.03. The smallest absolute Gasteiger partial charge is 0.254 e. The fraction of sp³-hybridized carbons (Fsp3) is 0.316. The number of rotatable bonds is 7. The molecule has 0 unspecified atom stereocenters. The number of nitrogens with zero attached hydrogens (tertiary/aromatic N) is 2. The molecule has 8 heteroatoms. The van der Waals surface area contributed by atoms with Crippen molar-refractivity contribution in [1.82, 2.24) is 20.5 Å². The zero-order valence-electron chi connectivity index (χ0n) is 15.1. The summed E-state index contributed by atoms with van der Waals surface area (Å²) < 4.78 is 24.7. The van der Waals surface area contributed by atoms with Gasteiger partial charge in [0.05, 0.1) is 23.0 Å². The van der Waals surface area contributed by atoms with Gasteiger partial charge in [0.1, 0.15) is 0 Å². The molecule has 0 fully saturated rings. The molecule has 0 saturated heterocycles. The Bertz CT molecular complexity index is 925. The van der Waals surface area contributed by atoms with E-state index in [1.807, 2.05) is 32.0 Å². The van der Waals surface area contributed by atoms with Crippen molar-refractivity contribution in [3.63, 3.8) is 0 Å². The number of hydrogen-bond donors (Lipinski definition) is 3. The van der Waals surface area contributed by atoms with Crippen molar-refractivity contribution < 1.29 is 13.6 Å². The summed E-state index contributed by atoms with van der Waals surface area (Å²) in [5, 5.41) is 13.4. The molecule has 0 spiro atoms. The van der Waals surface area contributed by atoms with E-state index in [-0.39, 0.29) is 19.0 Å². The van der Waals surface area contributed by atoms with Crippen LogP contribution >= 0.6 is 0 Å². The number of aromatic nitrogens is 3. The highest BCUT2D eigenvalue weighted by Gasteiger charge is 2.17. The molecule has 0 aliphatic rings. The van der Waals surface area contributed by atoms with Crippen LogP contribution in [0.1, 0.15) is 30.6 Å². The lowest BCUT2D eigenvalue weighted by Crippen LogP contribution is -2.27. The van der Waals surface area contributed by atoms with E-state index in [9.17, 15) is 13.6 Å². The minimum atomic E-state index is -2.45. The molecule has 1 aromatic carbocycles. The van der Waals surface area contributed by atoms with Gasteiger partial charge in [0, 0.05) is 42.4 Å². The van der Waals surface area contributed by atoms with Gasteiger partial charge in [-0.3, -0.25) is 14.9 Å². The summed E-state index contributed by atoms with van der Waals surface area (Å²) in [7, 11) is 0. The van der Waals surface area contributed by atoms with Gasteiger partial charge in [-0.1, -0.05) is 6.07 Å². The molecule has 6 nitrogen and oxygen atoms in total. The quantitative estimate of drug-likeness (QED) is 0.588. The molecular weight excluding hydrogens is 352 g/mol.